The van der Waals surface area contributed by atoms with Crippen molar-refractivity contribution in [1.29, 1.82) is 0 Å². The minimum absolute atomic E-state index is 0.367. The third-order valence-corrected chi connectivity index (χ3v) is 3.46. The first-order chi connectivity index (χ1) is 10.7. The van der Waals surface area contributed by atoms with E-state index in [1.807, 2.05) is 35.8 Å². The van der Waals surface area contributed by atoms with Crippen LogP contribution < -0.4 is 0 Å². The second kappa shape index (κ2) is 6.29. The Hall–Kier alpha value is -2.18. The smallest absolute Gasteiger partial charge is 0.278 e. The summed E-state index contributed by atoms with van der Waals surface area (Å²) < 4.78 is 12.5. The molecule has 3 aromatic rings. The lowest BCUT2D eigenvalue weighted by Gasteiger charge is -2.08. The van der Waals surface area contributed by atoms with Gasteiger partial charge in [0.05, 0.1) is 12.3 Å². The highest BCUT2D eigenvalue weighted by molar-refractivity contribution is 6.30. The van der Waals surface area contributed by atoms with E-state index in [1.54, 1.807) is 13.4 Å². The molecule has 0 amide bonds. The van der Waals surface area contributed by atoms with Gasteiger partial charge in [-0.25, -0.2) is 4.98 Å². The van der Waals surface area contributed by atoms with Gasteiger partial charge in [0.1, 0.15) is 6.33 Å². The summed E-state index contributed by atoms with van der Waals surface area (Å²) in [7, 11) is 1.63. The van der Waals surface area contributed by atoms with Gasteiger partial charge in [0.2, 0.25) is 0 Å². The van der Waals surface area contributed by atoms with Gasteiger partial charge < -0.3 is 9.26 Å². The molecule has 3 rings (SSSR count). The molecule has 0 saturated carbocycles. The van der Waals surface area contributed by atoms with E-state index < -0.39 is 0 Å². The second-order valence-corrected chi connectivity index (χ2v) is 5.13. The highest BCUT2D eigenvalue weighted by Crippen LogP contribution is 2.25. The SMILES string of the molecule is CCc1noc(-c2ncn(-c3cccc(Cl)c3)c2COC)n1. The number of nitrogens with zero attached hydrogens (tertiary/aromatic N) is 4. The van der Waals surface area contributed by atoms with E-state index in [2.05, 4.69) is 15.1 Å². The molecule has 0 saturated heterocycles. The lowest BCUT2D eigenvalue weighted by Crippen LogP contribution is -2.01. The van der Waals surface area contributed by atoms with Gasteiger partial charge in [0.25, 0.3) is 5.89 Å². The minimum Gasteiger partial charge on any atom is -0.378 e. The average Bonchev–Trinajstić information content (AvgIpc) is 3.14. The van der Waals surface area contributed by atoms with Crippen LogP contribution in [0.25, 0.3) is 17.3 Å². The number of methoxy groups -OCH3 is 1. The Bertz CT molecular complexity index is 781. The van der Waals surface area contributed by atoms with Gasteiger partial charge >= 0.3 is 0 Å². The van der Waals surface area contributed by atoms with E-state index in [0.29, 0.717) is 35.5 Å². The van der Waals surface area contributed by atoms with Crippen LogP contribution in [0.4, 0.5) is 0 Å². The molecule has 0 spiro atoms. The number of imidazole rings is 1. The van der Waals surface area contributed by atoms with Gasteiger partial charge in [-0.05, 0) is 18.2 Å². The standard InChI is InChI=1S/C15H15ClN4O2/c1-3-13-18-15(22-19-13)14-12(8-21-2)20(9-17-14)11-6-4-5-10(16)7-11/h4-7,9H,3,8H2,1-2H3. The maximum Gasteiger partial charge on any atom is 0.278 e. The molecule has 0 aliphatic carbocycles. The summed E-state index contributed by atoms with van der Waals surface area (Å²) in [5.74, 6) is 1.04. The molecular formula is C15H15ClN4O2. The fraction of sp³-hybridized carbons (Fsp3) is 0.267. The van der Waals surface area contributed by atoms with Gasteiger partial charge in [-0.1, -0.05) is 29.7 Å². The third kappa shape index (κ3) is 2.75. The van der Waals surface area contributed by atoms with Gasteiger partial charge in [-0.15, -0.1) is 0 Å². The number of halogens is 1. The lowest BCUT2D eigenvalue weighted by atomic mass is 10.2. The van der Waals surface area contributed by atoms with Crippen LogP contribution in [0.2, 0.25) is 5.02 Å². The fourth-order valence-electron chi connectivity index (χ4n) is 2.17. The molecule has 2 aromatic heterocycles. The number of rotatable bonds is 5. The molecule has 114 valence electrons. The van der Waals surface area contributed by atoms with Crippen LogP contribution in [0.1, 0.15) is 18.4 Å². The first-order valence-corrected chi connectivity index (χ1v) is 7.24. The zero-order valence-corrected chi connectivity index (χ0v) is 13.0. The lowest BCUT2D eigenvalue weighted by molar-refractivity contribution is 0.180. The van der Waals surface area contributed by atoms with Gasteiger partial charge in [-0.2, -0.15) is 4.98 Å². The molecule has 0 radical (unpaired) electrons. The summed E-state index contributed by atoms with van der Waals surface area (Å²) in [6.45, 7) is 2.33. The summed E-state index contributed by atoms with van der Waals surface area (Å²) in [5.41, 5.74) is 2.35. The molecule has 0 atom stereocenters. The van der Waals surface area contributed by atoms with E-state index in [-0.39, 0.29) is 0 Å². The highest BCUT2D eigenvalue weighted by Gasteiger charge is 2.19. The van der Waals surface area contributed by atoms with E-state index >= 15 is 0 Å². The first kappa shape index (κ1) is 14.7. The quantitative estimate of drug-likeness (QED) is 0.722. The van der Waals surface area contributed by atoms with Gasteiger partial charge in [0, 0.05) is 24.2 Å². The maximum absolute atomic E-state index is 6.06. The molecule has 0 aliphatic heterocycles. The Morgan fingerprint density at radius 2 is 2.23 bits per heavy atom. The molecule has 0 N–H and O–H groups in total. The molecule has 0 bridgehead atoms. The Morgan fingerprint density at radius 1 is 1.36 bits per heavy atom. The normalized spacial score (nSPS) is 11.0. The van der Waals surface area contributed by atoms with Crippen molar-refractivity contribution in [2.24, 2.45) is 0 Å². The number of ether oxygens (including phenoxy) is 1. The van der Waals surface area contributed by atoms with E-state index in [9.17, 15) is 0 Å². The Balaban J connectivity index is 2.09. The third-order valence-electron chi connectivity index (χ3n) is 3.22. The maximum atomic E-state index is 6.06. The largest absolute Gasteiger partial charge is 0.378 e. The number of aromatic nitrogens is 4. The summed E-state index contributed by atoms with van der Waals surface area (Å²) in [6.07, 6.45) is 2.41. The number of aryl methyl sites for hydroxylation is 1. The van der Waals surface area contributed by atoms with Crippen molar-refractivity contribution in [3.8, 4) is 17.3 Å². The van der Waals surface area contributed by atoms with Crippen LogP contribution >= 0.6 is 11.6 Å². The highest BCUT2D eigenvalue weighted by atomic mass is 35.5. The zero-order valence-electron chi connectivity index (χ0n) is 12.3. The second-order valence-electron chi connectivity index (χ2n) is 4.69. The van der Waals surface area contributed by atoms with Crippen molar-refractivity contribution < 1.29 is 9.26 Å². The number of benzene rings is 1. The van der Waals surface area contributed by atoms with Gasteiger partial charge in [0.15, 0.2) is 11.5 Å². The summed E-state index contributed by atoms with van der Waals surface area (Å²) >= 11 is 6.06. The first-order valence-electron chi connectivity index (χ1n) is 6.87. The molecule has 2 heterocycles. The number of hydrogen-bond donors (Lipinski definition) is 0. The topological polar surface area (TPSA) is 66.0 Å². The summed E-state index contributed by atoms with van der Waals surface area (Å²) in [6, 6.07) is 7.51. The van der Waals surface area contributed by atoms with Crippen LogP contribution in [0.5, 0.6) is 0 Å². The zero-order chi connectivity index (χ0) is 15.5. The minimum atomic E-state index is 0.367. The molecule has 6 nitrogen and oxygen atoms in total. The molecule has 0 unspecified atom stereocenters. The van der Waals surface area contributed by atoms with E-state index in [4.69, 9.17) is 20.9 Å². The fourth-order valence-corrected chi connectivity index (χ4v) is 2.35. The van der Waals surface area contributed by atoms with Crippen LogP contribution in [0.3, 0.4) is 0 Å². The Morgan fingerprint density at radius 3 is 2.91 bits per heavy atom. The van der Waals surface area contributed by atoms with Crippen LogP contribution in [-0.4, -0.2) is 26.8 Å². The monoisotopic (exact) mass is 318 g/mol. The van der Waals surface area contributed by atoms with Crippen LogP contribution in [0.15, 0.2) is 35.1 Å². The molecule has 1 aromatic carbocycles. The Labute approximate surface area is 132 Å². The van der Waals surface area contributed by atoms with Crippen LogP contribution in [-0.2, 0) is 17.8 Å². The average molecular weight is 319 g/mol. The molecule has 22 heavy (non-hydrogen) atoms. The van der Waals surface area contributed by atoms with Gasteiger partial charge in [-0.3, -0.25) is 4.57 Å². The van der Waals surface area contributed by atoms with Crippen molar-refractivity contribution >= 4 is 11.6 Å². The van der Waals surface area contributed by atoms with Crippen LogP contribution in [0, 0.1) is 0 Å². The van der Waals surface area contributed by atoms with Crippen molar-refractivity contribution in [3.63, 3.8) is 0 Å². The predicted molar refractivity (Wildman–Crippen MR) is 82.0 cm³/mol. The number of hydrogen-bond acceptors (Lipinski definition) is 5. The molecule has 7 heteroatoms. The van der Waals surface area contributed by atoms with E-state index in [1.165, 1.54) is 0 Å². The van der Waals surface area contributed by atoms with Crippen molar-refractivity contribution in [2.45, 2.75) is 20.0 Å². The Kier molecular flexibility index (Phi) is 4.22. The van der Waals surface area contributed by atoms with Crippen molar-refractivity contribution in [2.75, 3.05) is 7.11 Å². The summed E-state index contributed by atoms with van der Waals surface area (Å²) in [5, 5.41) is 4.57. The molecule has 0 fully saturated rings. The van der Waals surface area contributed by atoms with E-state index in [0.717, 1.165) is 11.4 Å². The molecular weight excluding hydrogens is 304 g/mol. The van der Waals surface area contributed by atoms with Crippen molar-refractivity contribution in [1.82, 2.24) is 19.7 Å². The molecule has 0 aliphatic rings. The predicted octanol–water partition coefficient (Wildman–Crippen LogP) is 3.28. The van der Waals surface area contributed by atoms with Crippen molar-refractivity contribution in [3.05, 3.63) is 47.1 Å². The summed E-state index contributed by atoms with van der Waals surface area (Å²) in [4.78, 5) is 8.73.